The molecule has 0 aliphatic carbocycles. The average Bonchev–Trinajstić information content (AvgIpc) is 3.33. The number of aromatic nitrogens is 4. The van der Waals surface area contributed by atoms with Gasteiger partial charge in [-0.3, -0.25) is 14.3 Å². The van der Waals surface area contributed by atoms with Gasteiger partial charge >= 0.3 is 0 Å². The fraction of sp³-hybridized carbons (Fsp3) is 0.250. The molecule has 0 fully saturated rings. The number of thioether (sulfide) groups is 1. The molecule has 7 nitrogen and oxygen atoms in total. The fourth-order valence-electron chi connectivity index (χ4n) is 3.99. The molecule has 0 saturated carbocycles. The highest BCUT2D eigenvalue weighted by Gasteiger charge is 2.27. The van der Waals surface area contributed by atoms with E-state index in [1.165, 1.54) is 11.8 Å². The number of hydrogen-bond acceptors (Lipinski definition) is 6. The quantitative estimate of drug-likeness (QED) is 0.269. The Bertz CT molecular complexity index is 1350. The zero-order valence-corrected chi connectivity index (χ0v) is 21.4. The minimum absolute atomic E-state index is 0.0870. The molecule has 0 aliphatic heterocycles. The first-order valence-corrected chi connectivity index (χ1v) is 12.7. The Morgan fingerprint density at radius 2 is 1.78 bits per heavy atom. The normalized spacial score (nSPS) is 11.8. The largest absolute Gasteiger partial charge is 0.310 e. The van der Waals surface area contributed by atoms with E-state index in [4.69, 9.17) is 5.26 Å². The zero-order chi connectivity index (χ0) is 25.5. The van der Waals surface area contributed by atoms with Crippen LogP contribution in [0.3, 0.4) is 0 Å². The summed E-state index contributed by atoms with van der Waals surface area (Å²) in [5, 5.41) is 18.3. The molecule has 36 heavy (non-hydrogen) atoms. The Kier molecular flexibility index (Phi) is 8.13. The van der Waals surface area contributed by atoms with Crippen molar-refractivity contribution in [3.05, 3.63) is 84.7 Å². The summed E-state index contributed by atoms with van der Waals surface area (Å²) >= 11 is 1.36. The number of amides is 1. The number of para-hydroxylation sites is 2. The lowest BCUT2D eigenvalue weighted by atomic mass is 10.0. The molecule has 1 atom stereocenters. The van der Waals surface area contributed by atoms with Crippen molar-refractivity contribution < 1.29 is 4.79 Å². The Hall–Kier alpha value is -3.96. The lowest BCUT2D eigenvalue weighted by Gasteiger charge is -2.25. The monoisotopic (exact) mass is 496 g/mol. The second-order valence-corrected chi connectivity index (χ2v) is 9.90. The maximum absolute atomic E-state index is 13.6. The minimum Gasteiger partial charge on any atom is -0.310 e. The highest BCUT2D eigenvalue weighted by molar-refractivity contribution is 8.00. The van der Waals surface area contributed by atoms with Gasteiger partial charge in [-0.05, 0) is 48.7 Å². The van der Waals surface area contributed by atoms with Gasteiger partial charge in [-0.25, -0.2) is 0 Å². The molecule has 8 heteroatoms. The number of hydrogen-bond donors (Lipinski definition) is 0. The third-order valence-electron chi connectivity index (χ3n) is 5.76. The second kappa shape index (κ2) is 11.6. The highest BCUT2D eigenvalue weighted by Crippen LogP contribution is 2.34. The Morgan fingerprint density at radius 1 is 1.03 bits per heavy atom. The van der Waals surface area contributed by atoms with Gasteiger partial charge in [-0.1, -0.05) is 62.0 Å². The van der Waals surface area contributed by atoms with Gasteiger partial charge in [0.15, 0.2) is 11.0 Å². The summed E-state index contributed by atoms with van der Waals surface area (Å²) in [5.41, 5.74) is 3.74. The molecule has 2 aromatic heterocycles. The van der Waals surface area contributed by atoms with Gasteiger partial charge in [0.25, 0.3) is 0 Å². The fourth-order valence-corrected chi connectivity index (χ4v) is 4.91. The van der Waals surface area contributed by atoms with Crippen LogP contribution in [-0.2, 0) is 4.79 Å². The standard InChI is InChI=1S/C28H28N6OS/c1-20(2)24-14-7-8-15-25(24)34-26(22-11-9-17-30-19-22)31-32-28(34)36-21(3)27(35)33(18-10-16-29)23-12-5-4-6-13-23/h4-9,11-15,17,19-21H,10,18H2,1-3H3. The van der Waals surface area contributed by atoms with Gasteiger partial charge in [-0.15, -0.1) is 10.2 Å². The maximum atomic E-state index is 13.6. The Labute approximate surface area is 215 Å². The molecule has 0 bridgehead atoms. The molecule has 0 N–H and O–H groups in total. The van der Waals surface area contributed by atoms with Crippen LogP contribution >= 0.6 is 11.8 Å². The number of carbonyl (C=O) groups is 1. The predicted molar refractivity (Wildman–Crippen MR) is 143 cm³/mol. The van der Waals surface area contributed by atoms with Gasteiger partial charge in [0.1, 0.15) is 0 Å². The van der Waals surface area contributed by atoms with Crippen molar-refractivity contribution in [2.24, 2.45) is 0 Å². The first-order chi connectivity index (χ1) is 17.5. The number of nitrogens with zero attached hydrogens (tertiary/aromatic N) is 6. The molecule has 2 aromatic carbocycles. The van der Waals surface area contributed by atoms with E-state index in [1.807, 2.05) is 66.1 Å². The molecule has 4 rings (SSSR count). The van der Waals surface area contributed by atoms with Crippen molar-refractivity contribution in [2.45, 2.75) is 43.5 Å². The van der Waals surface area contributed by atoms with Gasteiger partial charge in [-0.2, -0.15) is 5.26 Å². The summed E-state index contributed by atoms with van der Waals surface area (Å²) in [6.45, 7) is 6.50. The van der Waals surface area contributed by atoms with E-state index in [0.29, 0.717) is 17.5 Å². The van der Waals surface area contributed by atoms with Crippen LogP contribution in [0.4, 0.5) is 5.69 Å². The Morgan fingerprint density at radius 3 is 2.47 bits per heavy atom. The molecule has 0 radical (unpaired) electrons. The van der Waals surface area contributed by atoms with Crippen LogP contribution in [0, 0.1) is 11.3 Å². The Balaban J connectivity index is 1.73. The van der Waals surface area contributed by atoms with Crippen molar-refractivity contribution in [1.29, 1.82) is 5.26 Å². The van der Waals surface area contributed by atoms with Gasteiger partial charge in [0.05, 0.1) is 23.4 Å². The highest BCUT2D eigenvalue weighted by atomic mass is 32.2. The van der Waals surface area contributed by atoms with Crippen molar-refractivity contribution in [2.75, 3.05) is 11.4 Å². The number of anilines is 1. The molecular weight excluding hydrogens is 468 g/mol. The van der Waals surface area contributed by atoms with Crippen LogP contribution in [0.5, 0.6) is 0 Å². The summed E-state index contributed by atoms with van der Waals surface area (Å²) in [6.07, 6.45) is 3.74. The lowest BCUT2D eigenvalue weighted by molar-refractivity contribution is -0.117. The van der Waals surface area contributed by atoms with E-state index in [-0.39, 0.29) is 18.2 Å². The summed E-state index contributed by atoms with van der Waals surface area (Å²) < 4.78 is 2.02. The van der Waals surface area contributed by atoms with Crippen LogP contribution in [0.25, 0.3) is 17.1 Å². The van der Waals surface area contributed by atoms with Crippen molar-refractivity contribution in [3.63, 3.8) is 0 Å². The summed E-state index contributed by atoms with van der Waals surface area (Å²) in [7, 11) is 0. The summed E-state index contributed by atoms with van der Waals surface area (Å²) in [4.78, 5) is 19.5. The summed E-state index contributed by atoms with van der Waals surface area (Å²) in [6, 6.07) is 23.6. The zero-order valence-electron chi connectivity index (χ0n) is 20.6. The van der Waals surface area contributed by atoms with Crippen LogP contribution in [0.15, 0.2) is 84.3 Å². The average molecular weight is 497 g/mol. The molecule has 0 aliphatic rings. The number of benzene rings is 2. The molecule has 4 aromatic rings. The third-order valence-corrected chi connectivity index (χ3v) is 6.79. The maximum Gasteiger partial charge on any atom is 0.240 e. The number of carbonyl (C=O) groups excluding carboxylic acids is 1. The van der Waals surface area contributed by atoms with Crippen LogP contribution in [0.1, 0.15) is 38.7 Å². The molecular formula is C28H28N6OS. The molecule has 1 unspecified atom stereocenters. The van der Waals surface area contributed by atoms with E-state index in [2.05, 4.69) is 47.2 Å². The van der Waals surface area contributed by atoms with Crippen molar-refractivity contribution in [3.8, 4) is 23.1 Å². The van der Waals surface area contributed by atoms with E-state index < -0.39 is 5.25 Å². The summed E-state index contributed by atoms with van der Waals surface area (Å²) in [5.74, 6) is 0.862. The first kappa shape index (κ1) is 25.1. The van der Waals surface area contributed by atoms with E-state index in [1.54, 1.807) is 17.3 Å². The van der Waals surface area contributed by atoms with Gasteiger partial charge in [0, 0.05) is 30.2 Å². The minimum atomic E-state index is -0.459. The number of rotatable bonds is 9. The van der Waals surface area contributed by atoms with Gasteiger partial charge < -0.3 is 4.90 Å². The topological polar surface area (TPSA) is 87.7 Å². The predicted octanol–water partition coefficient (Wildman–Crippen LogP) is 5.88. The van der Waals surface area contributed by atoms with E-state index >= 15 is 0 Å². The second-order valence-electron chi connectivity index (χ2n) is 8.59. The SMILES string of the molecule is CC(Sc1nnc(-c2cccnc2)n1-c1ccccc1C(C)C)C(=O)N(CCC#N)c1ccccc1. The molecule has 0 spiro atoms. The van der Waals surface area contributed by atoms with Crippen LogP contribution < -0.4 is 4.90 Å². The molecule has 1 amide bonds. The molecule has 182 valence electrons. The number of pyridine rings is 1. The first-order valence-electron chi connectivity index (χ1n) is 11.9. The van der Waals surface area contributed by atoms with Crippen LogP contribution in [-0.4, -0.2) is 37.5 Å². The smallest absolute Gasteiger partial charge is 0.240 e. The van der Waals surface area contributed by atoms with E-state index in [9.17, 15) is 4.79 Å². The van der Waals surface area contributed by atoms with Crippen molar-refractivity contribution >= 4 is 23.4 Å². The van der Waals surface area contributed by atoms with E-state index in [0.717, 1.165) is 22.5 Å². The lowest BCUT2D eigenvalue weighted by Crippen LogP contribution is -2.37. The van der Waals surface area contributed by atoms with Crippen molar-refractivity contribution in [1.82, 2.24) is 19.7 Å². The third kappa shape index (κ3) is 5.47. The molecule has 0 saturated heterocycles. The molecule has 2 heterocycles. The van der Waals surface area contributed by atoms with Gasteiger partial charge in [0.2, 0.25) is 5.91 Å². The number of nitriles is 1. The van der Waals surface area contributed by atoms with Crippen LogP contribution in [0.2, 0.25) is 0 Å².